The molecule has 0 unspecified atom stereocenters. The number of carboxylic acid groups (broad SMARTS) is 1. The molecule has 0 aliphatic carbocycles. The van der Waals surface area contributed by atoms with E-state index in [2.05, 4.69) is 4.98 Å². The maximum atomic E-state index is 10.1. The van der Waals surface area contributed by atoms with E-state index < -0.39 is 5.97 Å². The third kappa shape index (κ3) is 1.85. The largest absolute Gasteiger partial charge is 0.476 e. The number of halogens is 1. The predicted octanol–water partition coefficient (Wildman–Crippen LogP) is 0.845. The number of rotatable bonds is 1. The van der Waals surface area contributed by atoms with Gasteiger partial charge in [0.2, 0.25) is 5.01 Å². The van der Waals surface area contributed by atoms with Gasteiger partial charge in [0.1, 0.15) is 5.00 Å². The lowest BCUT2D eigenvalue weighted by atomic mass is 10.7. The molecule has 0 saturated heterocycles. The van der Waals surface area contributed by atoms with Gasteiger partial charge in [-0.15, -0.1) is 12.4 Å². The highest BCUT2D eigenvalue weighted by Crippen LogP contribution is 2.13. The predicted molar refractivity (Wildman–Crippen MR) is 40.7 cm³/mol. The van der Waals surface area contributed by atoms with Crippen LogP contribution in [-0.2, 0) is 0 Å². The van der Waals surface area contributed by atoms with E-state index in [1.165, 1.54) is 6.20 Å². The molecule has 0 bridgehead atoms. The Morgan fingerprint density at radius 2 is 2.40 bits per heavy atom. The maximum Gasteiger partial charge on any atom is 0.365 e. The summed E-state index contributed by atoms with van der Waals surface area (Å²) < 4.78 is 0. The third-order valence-corrected chi connectivity index (χ3v) is 1.52. The first-order valence-corrected chi connectivity index (χ1v) is 2.96. The average Bonchev–Trinajstić information content (AvgIpc) is 2.14. The van der Waals surface area contributed by atoms with Gasteiger partial charge in [-0.3, -0.25) is 0 Å². The van der Waals surface area contributed by atoms with Crippen molar-refractivity contribution in [3.05, 3.63) is 11.2 Å². The average molecular weight is 181 g/mol. The van der Waals surface area contributed by atoms with Crippen LogP contribution in [0.25, 0.3) is 0 Å². The molecule has 6 heteroatoms. The van der Waals surface area contributed by atoms with Crippen molar-refractivity contribution >= 4 is 34.7 Å². The fraction of sp³-hybridized carbons (Fsp3) is 0. The van der Waals surface area contributed by atoms with Crippen LogP contribution < -0.4 is 5.73 Å². The van der Waals surface area contributed by atoms with Crippen molar-refractivity contribution in [2.75, 3.05) is 5.73 Å². The van der Waals surface area contributed by atoms with Crippen molar-refractivity contribution in [1.82, 2.24) is 4.98 Å². The Hall–Kier alpha value is -0.810. The van der Waals surface area contributed by atoms with Crippen molar-refractivity contribution in [2.45, 2.75) is 0 Å². The molecule has 0 fully saturated rings. The van der Waals surface area contributed by atoms with Gasteiger partial charge in [0.05, 0.1) is 6.20 Å². The highest BCUT2D eigenvalue weighted by molar-refractivity contribution is 7.17. The lowest BCUT2D eigenvalue weighted by molar-refractivity contribution is 0.0696. The van der Waals surface area contributed by atoms with Gasteiger partial charge >= 0.3 is 5.97 Å². The molecule has 1 rings (SSSR count). The van der Waals surface area contributed by atoms with Gasteiger partial charge in [-0.2, -0.15) is 0 Å². The van der Waals surface area contributed by atoms with E-state index >= 15 is 0 Å². The summed E-state index contributed by atoms with van der Waals surface area (Å²) in [5.74, 6) is -1.03. The second-order valence-corrected chi connectivity index (χ2v) is 2.44. The molecule has 0 radical (unpaired) electrons. The van der Waals surface area contributed by atoms with Gasteiger partial charge in [-0.25, -0.2) is 9.78 Å². The van der Waals surface area contributed by atoms with Crippen molar-refractivity contribution in [3.8, 4) is 0 Å². The lowest BCUT2D eigenvalue weighted by Crippen LogP contribution is -1.92. The standard InChI is InChI=1S/C4H4N2O2S.ClH/c5-2-1-6-3(9-2)4(7)8;/h1H,5H2,(H,7,8);1H. The molecule has 56 valence electrons. The van der Waals surface area contributed by atoms with Crippen molar-refractivity contribution in [3.63, 3.8) is 0 Å². The maximum absolute atomic E-state index is 10.1. The molecular formula is C4H5ClN2O2S. The fourth-order valence-corrected chi connectivity index (χ4v) is 0.907. The van der Waals surface area contributed by atoms with E-state index in [1.54, 1.807) is 0 Å². The van der Waals surface area contributed by atoms with Gasteiger partial charge < -0.3 is 10.8 Å². The first-order valence-electron chi connectivity index (χ1n) is 2.15. The normalized spacial score (nSPS) is 8.40. The molecule has 10 heavy (non-hydrogen) atoms. The number of aromatic nitrogens is 1. The van der Waals surface area contributed by atoms with Crippen LogP contribution in [-0.4, -0.2) is 16.1 Å². The minimum atomic E-state index is -1.03. The number of nitrogens with zero attached hydrogens (tertiary/aromatic N) is 1. The summed E-state index contributed by atoms with van der Waals surface area (Å²) in [6.45, 7) is 0. The molecule has 1 aromatic rings. The number of nitrogens with two attached hydrogens (primary N) is 1. The van der Waals surface area contributed by atoms with E-state index in [1.807, 2.05) is 0 Å². The highest BCUT2D eigenvalue weighted by atomic mass is 35.5. The fourth-order valence-electron chi connectivity index (χ4n) is 0.385. The van der Waals surface area contributed by atoms with Gasteiger partial charge in [-0.1, -0.05) is 11.3 Å². The van der Waals surface area contributed by atoms with Crippen LogP contribution in [0.3, 0.4) is 0 Å². The summed E-state index contributed by atoms with van der Waals surface area (Å²) in [6.07, 6.45) is 1.33. The minimum Gasteiger partial charge on any atom is -0.476 e. The Bertz CT molecular complexity index is 237. The van der Waals surface area contributed by atoms with E-state index in [-0.39, 0.29) is 17.4 Å². The minimum absolute atomic E-state index is 0. The number of nitrogen functional groups attached to an aromatic ring is 1. The molecule has 0 spiro atoms. The lowest BCUT2D eigenvalue weighted by Gasteiger charge is -1.78. The second-order valence-electron chi connectivity index (χ2n) is 1.37. The van der Waals surface area contributed by atoms with Crippen molar-refractivity contribution < 1.29 is 9.90 Å². The topological polar surface area (TPSA) is 76.2 Å². The Morgan fingerprint density at radius 3 is 2.60 bits per heavy atom. The number of carbonyl (C=O) groups is 1. The molecule has 0 aliphatic heterocycles. The van der Waals surface area contributed by atoms with Gasteiger partial charge in [0.25, 0.3) is 0 Å². The van der Waals surface area contributed by atoms with Crippen molar-refractivity contribution in [1.29, 1.82) is 0 Å². The monoisotopic (exact) mass is 180 g/mol. The zero-order chi connectivity index (χ0) is 6.85. The first kappa shape index (κ1) is 9.19. The van der Waals surface area contributed by atoms with E-state index in [0.717, 1.165) is 11.3 Å². The van der Waals surface area contributed by atoms with Crippen LogP contribution >= 0.6 is 23.7 Å². The Labute approximate surface area is 67.1 Å². The summed E-state index contributed by atoms with van der Waals surface area (Å²) in [5, 5.41) is 8.75. The molecule has 1 aromatic heterocycles. The molecule has 0 amide bonds. The summed E-state index contributed by atoms with van der Waals surface area (Å²) >= 11 is 0.963. The Kier molecular flexibility index (Phi) is 3.11. The molecule has 1 heterocycles. The molecule has 0 atom stereocenters. The summed E-state index contributed by atoms with van der Waals surface area (Å²) in [7, 11) is 0. The molecular weight excluding hydrogens is 176 g/mol. The highest BCUT2D eigenvalue weighted by Gasteiger charge is 2.05. The van der Waals surface area contributed by atoms with E-state index in [4.69, 9.17) is 10.8 Å². The van der Waals surface area contributed by atoms with Crippen LogP contribution in [0.1, 0.15) is 9.80 Å². The van der Waals surface area contributed by atoms with Gasteiger partial charge in [0, 0.05) is 0 Å². The Balaban J connectivity index is 0.000000810. The van der Waals surface area contributed by atoms with E-state index in [0.29, 0.717) is 5.00 Å². The third-order valence-electron chi connectivity index (χ3n) is 0.707. The number of carboxylic acids is 1. The van der Waals surface area contributed by atoms with Crippen LogP contribution in [0.15, 0.2) is 6.20 Å². The molecule has 4 nitrogen and oxygen atoms in total. The summed E-state index contributed by atoms with van der Waals surface area (Å²) in [5.41, 5.74) is 5.21. The van der Waals surface area contributed by atoms with Crippen LogP contribution in [0.4, 0.5) is 5.00 Å². The number of anilines is 1. The number of hydrogen-bond acceptors (Lipinski definition) is 4. The first-order chi connectivity index (χ1) is 4.20. The smallest absolute Gasteiger partial charge is 0.365 e. The Morgan fingerprint density at radius 1 is 1.80 bits per heavy atom. The molecule has 0 saturated carbocycles. The van der Waals surface area contributed by atoms with E-state index in [9.17, 15) is 4.79 Å². The SMILES string of the molecule is Cl.Nc1cnc(C(=O)O)s1. The summed E-state index contributed by atoms with van der Waals surface area (Å²) in [6, 6.07) is 0. The molecule has 3 N–H and O–H groups in total. The van der Waals surface area contributed by atoms with Crippen LogP contribution in [0.5, 0.6) is 0 Å². The zero-order valence-electron chi connectivity index (χ0n) is 4.77. The molecule has 0 aromatic carbocycles. The number of aromatic carboxylic acids is 1. The van der Waals surface area contributed by atoms with Gasteiger partial charge in [-0.05, 0) is 0 Å². The van der Waals surface area contributed by atoms with Gasteiger partial charge in [0.15, 0.2) is 0 Å². The number of hydrogen-bond donors (Lipinski definition) is 2. The van der Waals surface area contributed by atoms with Crippen LogP contribution in [0.2, 0.25) is 0 Å². The number of thiazole rings is 1. The molecule has 0 aliphatic rings. The van der Waals surface area contributed by atoms with Crippen LogP contribution in [0, 0.1) is 0 Å². The zero-order valence-corrected chi connectivity index (χ0v) is 6.41. The quantitative estimate of drug-likeness (QED) is 0.672. The second kappa shape index (κ2) is 3.38. The summed E-state index contributed by atoms with van der Waals surface area (Å²) in [4.78, 5) is 13.6. The van der Waals surface area contributed by atoms with Crippen molar-refractivity contribution in [2.24, 2.45) is 0 Å².